The average molecular weight is 389 g/mol. The maximum absolute atomic E-state index is 12.4. The predicted molar refractivity (Wildman–Crippen MR) is 90.6 cm³/mol. The Morgan fingerprint density at radius 3 is 2.43 bits per heavy atom. The third-order valence-electron chi connectivity index (χ3n) is 2.80. The van der Waals surface area contributed by atoms with Crippen LogP contribution in [0.4, 0.5) is 11.4 Å². The molecule has 0 atom stereocenters. The number of hydrogen-bond donors (Lipinski definition) is 2. The summed E-state index contributed by atoms with van der Waals surface area (Å²) in [6, 6.07) is 5.12. The molecule has 0 spiro atoms. The molecule has 0 unspecified atom stereocenters. The van der Waals surface area contributed by atoms with Crippen molar-refractivity contribution in [1.82, 2.24) is 4.98 Å². The molecule has 1 aromatic heterocycles. The fourth-order valence-electron chi connectivity index (χ4n) is 1.79. The number of benzene rings is 1. The van der Waals surface area contributed by atoms with E-state index >= 15 is 0 Å². The molecule has 0 radical (unpaired) electrons. The molecule has 110 valence electrons. The molecule has 0 fully saturated rings. The number of nitrogens with one attached hydrogen (secondary N) is 2. The lowest BCUT2D eigenvalue weighted by molar-refractivity contribution is 0.102. The number of pyridine rings is 1. The van der Waals surface area contributed by atoms with Gasteiger partial charge in [0.15, 0.2) is 0 Å². The van der Waals surface area contributed by atoms with E-state index in [-0.39, 0.29) is 5.91 Å². The van der Waals surface area contributed by atoms with E-state index in [1.807, 2.05) is 6.92 Å². The van der Waals surface area contributed by atoms with E-state index in [0.717, 1.165) is 10.2 Å². The second-order valence-electron chi connectivity index (χ2n) is 4.32. The number of carbonyl (C=O) groups is 1. The van der Waals surface area contributed by atoms with Crippen molar-refractivity contribution >= 4 is 56.4 Å². The standard InChI is InChI=1S/C14H12BrCl2N3O/c1-7-3-12(18-2)9(6-19-7)14(21)20-13-10(16)4-8(15)5-11(13)17/h3-6H,1-2H3,(H,18,19)(H,20,21). The number of halogens is 3. The fourth-order valence-corrected chi connectivity index (χ4v) is 3.09. The van der Waals surface area contributed by atoms with Crippen molar-refractivity contribution in [2.45, 2.75) is 6.92 Å². The molecule has 4 nitrogen and oxygen atoms in total. The Morgan fingerprint density at radius 2 is 1.86 bits per heavy atom. The first-order chi connectivity index (χ1) is 9.92. The number of rotatable bonds is 3. The number of amides is 1. The van der Waals surface area contributed by atoms with Crippen LogP contribution in [0.5, 0.6) is 0 Å². The highest BCUT2D eigenvalue weighted by Crippen LogP contribution is 2.34. The van der Waals surface area contributed by atoms with Gasteiger partial charge < -0.3 is 10.6 Å². The average Bonchev–Trinajstić information content (AvgIpc) is 2.42. The SMILES string of the molecule is CNc1cc(C)ncc1C(=O)Nc1c(Cl)cc(Br)cc1Cl. The van der Waals surface area contributed by atoms with Gasteiger partial charge in [0.2, 0.25) is 0 Å². The largest absolute Gasteiger partial charge is 0.387 e. The molecule has 0 bridgehead atoms. The molecule has 0 aliphatic carbocycles. The van der Waals surface area contributed by atoms with Gasteiger partial charge >= 0.3 is 0 Å². The van der Waals surface area contributed by atoms with Crippen LogP contribution in [0.2, 0.25) is 10.0 Å². The van der Waals surface area contributed by atoms with Crippen molar-refractivity contribution in [3.63, 3.8) is 0 Å². The Morgan fingerprint density at radius 1 is 1.24 bits per heavy atom. The highest BCUT2D eigenvalue weighted by molar-refractivity contribution is 9.10. The first-order valence-corrected chi connectivity index (χ1v) is 7.57. The molecule has 1 aromatic carbocycles. The first kappa shape index (κ1) is 16.1. The van der Waals surface area contributed by atoms with E-state index in [0.29, 0.717) is 27.0 Å². The minimum atomic E-state index is -0.335. The Kier molecular flexibility index (Phi) is 5.08. The van der Waals surface area contributed by atoms with E-state index in [2.05, 4.69) is 31.5 Å². The van der Waals surface area contributed by atoms with Crippen LogP contribution in [0.25, 0.3) is 0 Å². The quantitative estimate of drug-likeness (QED) is 0.797. The molecule has 0 aliphatic heterocycles. The zero-order valence-corrected chi connectivity index (χ0v) is 14.4. The summed E-state index contributed by atoms with van der Waals surface area (Å²) in [4.78, 5) is 16.5. The highest BCUT2D eigenvalue weighted by atomic mass is 79.9. The summed E-state index contributed by atoms with van der Waals surface area (Å²) in [5.74, 6) is -0.335. The van der Waals surface area contributed by atoms with Crippen LogP contribution in [0.3, 0.4) is 0 Å². The van der Waals surface area contributed by atoms with Crippen LogP contribution in [-0.2, 0) is 0 Å². The van der Waals surface area contributed by atoms with Crippen molar-refractivity contribution in [2.75, 3.05) is 17.7 Å². The van der Waals surface area contributed by atoms with Gasteiger partial charge in [-0.3, -0.25) is 9.78 Å². The van der Waals surface area contributed by atoms with Crippen LogP contribution in [-0.4, -0.2) is 17.9 Å². The third kappa shape index (κ3) is 3.67. The van der Waals surface area contributed by atoms with E-state index in [1.165, 1.54) is 6.20 Å². The topological polar surface area (TPSA) is 54.0 Å². The highest BCUT2D eigenvalue weighted by Gasteiger charge is 2.16. The minimum absolute atomic E-state index is 0.335. The van der Waals surface area contributed by atoms with Crippen LogP contribution in [0.1, 0.15) is 16.1 Å². The molecule has 1 amide bonds. The van der Waals surface area contributed by atoms with Gasteiger partial charge in [0.25, 0.3) is 5.91 Å². The molecule has 21 heavy (non-hydrogen) atoms. The second kappa shape index (κ2) is 6.64. The fraction of sp³-hybridized carbons (Fsp3) is 0.143. The summed E-state index contributed by atoms with van der Waals surface area (Å²) in [7, 11) is 1.74. The molecule has 2 N–H and O–H groups in total. The molecule has 1 heterocycles. The summed E-state index contributed by atoms with van der Waals surface area (Å²) in [5, 5.41) is 6.39. The molecule has 7 heteroatoms. The molecular formula is C14H12BrCl2N3O. The van der Waals surface area contributed by atoms with Crippen LogP contribution in [0.15, 0.2) is 28.9 Å². The van der Waals surface area contributed by atoms with Crippen molar-refractivity contribution < 1.29 is 4.79 Å². The van der Waals surface area contributed by atoms with Crippen molar-refractivity contribution in [1.29, 1.82) is 0 Å². The van der Waals surface area contributed by atoms with E-state index < -0.39 is 0 Å². The summed E-state index contributed by atoms with van der Waals surface area (Å²) in [5.41, 5.74) is 2.28. The van der Waals surface area contributed by atoms with E-state index in [4.69, 9.17) is 23.2 Å². The maximum atomic E-state index is 12.4. The van der Waals surface area contributed by atoms with E-state index in [1.54, 1.807) is 25.2 Å². The summed E-state index contributed by atoms with van der Waals surface area (Å²) in [6.45, 7) is 1.85. The smallest absolute Gasteiger partial charge is 0.259 e. The zero-order valence-electron chi connectivity index (χ0n) is 11.3. The Balaban J connectivity index is 2.35. The van der Waals surface area contributed by atoms with Crippen LogP contribution >= 0.6 is 39.1 Å². The van der Waals surface area contributed by atoms with Gasteiger partial charge in [-0.05, 0) is 25.1 Å². The molecule has 0 saturated heterocycles. The third-order valence-corrected chi connectivity index (χ3v) is 3.85. The van der Waals surface area contributed by atoms with Crippen LogP contribution < -0.4 is 10.6 Å². The molecule has 2 aromatic rings. The number of aryl methyl sites for hydroxylation is 1. The predicted octanol–water partition coefficient (Wildman–Crippen LogP) is 4.75. The lowest BCUT2D eigenvalue weighted by Gasteiger charge is -2.12. The molecule has 0 saturated carbocycles. The Hall–Kier alpha value is -1.30. The number of carbonyl (C=O) groups excluding carboxylic acids is 1. The summed E-state index contributed by atoms with van der Waals surface area (Å²) in [6.07, 6.45) is 1.51. The molecule has 2 rings (SSSR count). The van der Waals surface area contributed by atoms with Crippen molar-refractivity contribution in [3.8, 4) is 0 Å². The van der Waals surface area contributed by atoms with Crippen LogP contribution in [0, 0.1) is 6.92 Å². The first-order valence-electron chi connectivity index (χ1n) is 6.02. The Bertz CT molecular complexity index is 684. The lowest BCUT2D eigenvalue weighted by Crippen LogP contribution is -2.15. The van der Waals surface area contributed by atoms with Gasteiger partial charge in [-0.15, -0.1) is 0 Å². The Labute approximate surface area is 141 Å². The molecule has 0 aliphatic rings. The van der Waals surface area contributed by atoms with Gasteiger partial charge in [-0.25, -0.2) is 0 Å². The second-order valence-corrected chi connectivity index (χ2v) is 6.05. The van der Waals surface area contributed by atoms with Gasteiger partial charge in [-0.2, -0.15) is 0 Å². The van der Waals surface area contributed by atoms with Gasteiger partial charge in [-0.1, -0.05) is 39.1 Å². The number of nitrogens with zero attached hydrogens (tertiary/aromatic N) is 1. The minimum Gasteiger partial charge on any atom is -0.387 e. The monoisotopic (exact) mass is 387 g/mol. The number of anilines is 2. The number of aromatic nitrogens is 1. The van der Waals surface area contributed by atoms with Gasteiger partial charge in [0, 0.05) is 23.4 Å². The van der Waals surface area contributed by atoms with Crippen molar-refractivity contribution in [3.05, 3.63) is 50.2 Å². The maximum Gasteiger partial charge on any atom is 0.259 e. The lowest BCUT2D eigenvalue weighted by atomic mass is 10.2. The zero-order chi connectivity index (χ0) is 15.6. The normalized spacial score (nSPS) is 10.3. The van der Waals surface area contributed by atoms with Gasteiger partial charge in [0.05, 0.1) is 27.0 Å². The van der Waals surface area contributed by atoms with E-state index in [9.17, 15) is 4.79 Å². The summed E-state index contributed by atoms with van der Waals surface area (Å²) >= 11 is 15.5. The molecular weight excluding hydrogens is 377 g/mol. The summed E-state index contributed by atoms with van der Waals surface area (Å²) < 4.78 is 0.739. The number of hydrogen-bond acceptors (Lipinski definition) is 3. The van der Waals surface area contributed by atoms with Crippen molar-refractivity contribution in [2.24, 2.45) is 0 Å². The van der Waals surface area contributed by atoms with Gasteiger partial charge in [0.1, 0.15) is 0 Å².